The van der Waals surface area contributed by atoms with Crippen LogP contribution in [0.5, 0.6) is 0 Å². The Morgan fingerprint density at radius 1 is 0.935 bits per heavy atom. The molecule has 0 fully saturated rings. The van der Waals surface area contributed by atoms with Gasteiger partial charge in [-0.2, -0.15) is 0 Å². The SMILES string of the molecule is CC(=O)c1ccccc1NC(=O)C(C)OC(=O)c1cc(C)n(-c2ccccc2C)c1C. The Bertz CT molecular complexity index is 1160. The minimum absolute atomic E-state index is 0.163. The molecule has 3 aromatic rings. The van der Waals surface area contributed by atoms with Gasteiger partial charge in [-0.3, -0.25) is 9.59 Å². The van der Waals surface area contributed by atoms with Crippen molar-refractivity contribution in [3.05, 3.63) is 82.7 Å². The molecule has 160 valence electrons. The molecule has 2 aromatic carbocycles. The summed E-state index contributed by atoms with van der Waals surface area (Å²) in [6.45, 7) is 8.72. The van der Waals surface area contributed by atoms with Crippen LogP contribution in [0.3, 0.4) is 0 Å². The molecule has 31 heavy (non-hydrogen) atoms. The number of hydrogen-bond acceptors (Lipinski definition) is 4. The second kappa shape index (κ2) is 9.00. The van der Waals surface area contributed by atoms with E-state index in [1.807, 2.05) is 49.6 Å². The number of aromatic nitrogens is 1. The van der Waals surface area contributed by atoms with E-state index in [2.05, 4.69) is 5.32 Å². The molecule has 1 heterocycles. The monoisotopic (exact) mass is 418 g/mol. The maximum atomic E-state index is 12.8. The number of para-hydroxylation sites is 2. The van der Waals surface area contributed by atoms with Crippen molar-refractivity contribution in [1.82, 2.24) is 4.57 Å². The second-order valence-corrected chi connectivity index (χ2v) is 7.55. The van der Waals surface area contributed by atoms with Crippen LogP contribution in [0.2, 0.25) is 0 Å². The van der Waals surface area contributed by atoms with Crippen LogP contribution in [0.25, 0.3) is 5.69 Å². The zero-order chi connectivity index (χ0) is 22.7. The molecule has 3 rings (SSSR count). The third-order valence-corrected chi connectivity index (χ3v) is 5.22. The third-order valence-electron chi connectivity index (χ3n) is 5.22. The molecule has 6 nitrogen and oxygen atoms in total. The number of rotatable bonds is 6. The van der Waals surface area contributed by atoms with Crippen molar-refractivity contribution < 1.29 is 19.1 Å². The summed E-state index contributed by atoms with van der Waals surface area (Å²) in [5, 5.41) is 2.67. The highest BCUT2D eigenvalue weighted by Crippen LogP contribution is 2.24. The lowest BCUT2D eigenvalue weighted by Crippen LogP contribution is -2.30. The molecule has 0 bridgehead atoms. The van der Waals surface area contributed by atoms with Crippen LogP contribution in [-0.4, -0.2) is 28.3 Å². The van der Waals surface area contributed by atoms with Crippen LogP contribution in [0.15, 0.2) is 54.6 Å². The zero-order valence-electron chi connectivity index (χ0n) is 18.4. The van der Waals surface area contributed by atoms with Crippen LogP contribution in [-0.2, 0) is 9.53 Å². The standard InChI is InChI=1S/C25H26N2O4/c1-15-10-6-9-13-23(15)27-16(2)14-21(17(27)3)25(30)31-19(5)24(29)26-22-12-8-7-11-20(22)18(4)28/h6-14,19H,1-5H3,(H,26,29). The Morgan fingerprint density at radius 3 is 2.26 bits per heavy atom. The number of nitrogens with zero attached hydrogens (tertiary/aromatic N) is 1. The first-order valence-corrected chi connectivity index (χ1v) is 10.1. The van der Waals surface area contributed by atoms with E-state index in [0.717, 1.165) is 22.6 Å². The summed E-state index contributed by atoms with van der Waals surface area (Å²) in [7, 11) is 0. The largest absolute Gasteiger partial charge is 0.449 e. The number of carbonyl (C=O) groups excluding carboxylic acids is 3. The van der Waals surface area contributed by atoms with Gasteiger partial charge >= 0.3 is 5.97 Å². The maximum absolute atomic E-state index is 12.8. The fourth-order valence-corrected chi connectivity index (χ4v) is 3.57. The molecule has 0 aliphatic rings. The fraction of sp³-hybridized carbons (Fsp3) is 0.240. The number of aryl methyl sites for hydroxylation is 2. The van der Waals surface area contributed by atoms with E-state index in [9.17, 15) is 14.4 Å². The molecule has 6 heteroatoms. The second-order valence-electron chi connectivity index (χ2n) is 7.55. The predicted molar refractivity (Wildman–Crippen MR) is 120 cm³/mol. The average molecular weight is 418 g/mol. The third kappa shape index (κ3) is 4.58. The zero-order valence-corrected chi connectivity index (χ0v) is 18.4. The van der Waals surface area contributed by atoms with Crippen molar-refractivity contribution in [1.29, 1.82) is 0 Å². The van der Waals surface area contributed by atoms with Gasteiger partial charge in [-0.05, 0) is 64.4 Å². The first kappa shape index (κ1) is 22.0. The number of ketones is 1. The van der Waals surface area contributed by atoms with Crippen molar-refractivity contribution in [2.45, 2.75) is 40.7 Å². The highest BCUT2D eigenvalue weighted by atomic mass is 16.5. The smallest absolute Gasteiger partial charge is 0.340 e. The number of nitrogens with one attached hydrogen (secondary N) is 1. The van der Waals surface area contributed by atoms with E-state index in [1.54, 1.807) is 30.3 Å². The van der Waals surface area contributed by atoms with E-state index < -0.39 is 18.0 Å². The van der Waals surface area contributed by atoms with Gasteiger partial charge in [0, 0.05) is 22.6 Å². The van der Waals surface area contributed by atoms with E-state index in [0.29, 0.717) is 16.8 Å². The lowest BCUT2D eigenvalue weighted by Gasteiger charge is -2.15. The Morgan fingerprint density at radius 2 is 1.58 bits per heavy atom. The topological polar surface area (TPSA) is 77.4 Å². The van der Waals surface area contributed by atoms with Crippen molar-refractivity contribution in [2.75, 3.05) is 5.32 Å². The predicted octanol–water partition coefficient (Wildman–Crippen LogP) is 4.79. The number of amides is 1. The fourth-order valence-electron chi connectivity index (χ4n) is 3.57. The van der Waals surface area contributed by atoms with Crippen molar-refractivity contribution in [3.63, 3.8) is 0 Å². The Kier molecular flexibility index (Phi) is 6.39. The maximum Gasteiger partial charge on any atom is 0.340 e. The van der Waals surface area contributed by atoms with Gasteiger partial charge in [0.05, 0.1) is 11.3 Å². The molecule has 1 unspecified atom stereocenters. The molecule has 0 aliphatic heterocycles. The molecule has 0 saturated heterocycles. The lowest BCUT2D eigenvalue weighted by atomic mass is 10.1. The summed E-state index contributed by atoms with van der Waals surface area (Å²) in [6.07, 6.45) is -1.03. The van der Waals surface area contributed by atoms with Crippen LogP contribution < -0.4 is 5.32 Å². The molecule has 1 aromatic heterocycles. The number of hydrogen-bond donors (Lipinski definition) is 1. The van der Waals surface area contributed by atoms with Crippen LogP contribution in [0.4, 0.5) is 5.69 Å². The first-order chi connectivity index (χ1) is 14.7. The summed E-state index contributed by atoms with van der Waals surface area (Å²) in [5.41, 5.74) is 4.91. The first-order valence-electron chi connectivity index (χ1n) is 10.1. The van der Waals surface area contributed by atoms with Crippen LogP contribution >= 0.6 is 0 Å². The summed E-state index contributed by atoms with van der Waals surface area (Å²) in [5.74, 6) is -1.24. The van der Waals surface area contributed by atoms with Gasteiger partial charge in [0.25, 0.3) is 5.91 Å². The molecule has 0 saturated carbocycles. The minimum Gasteiger partial charge on any atom is -0.449 e. The van der Waals surface area contributed by atoms with E-state index >= 15 is 0 Å². The van der Waals surface area contributed by atoms with Gasteiger partial charge in [0.1, 0.15) is 0 Å². The highest BCUT2D eigenvalue weighted by molar-refractivity contribution is 6.05. The van der Waals surface area contributed by atoms with Gasteiger partial charge in [0.15, 0.2) is 11.9 Å². The Labute approximate surface area is 181 Å². The van der Waals surface area contributed by atoms with Gasteiger partial charge < -0.3 is 14.6 Å². The molecular formula is C25H26N2O4. The quantitative estimate of drug-likeness (QED) is 0.461. The number of benzene rings is 2. The number of ether oxygens (including phenoxy) is 1. The molecule has 1 atom stereocenters. The van der Waals surface area contributed by atoms with E-state index in [4.69, 9.17) is 4.74 Å². The molecule has 0 aliphatic carbocycles. The minimum atomic E-state index is -1.03. The summed E-state index contributed by atoms with van der Waals surface area (Å²) >= 11 is 0. The van der Waals surface area contributed by atoms with Crippen molar-refractivity contribution in [3.8, 4) is 5.69 Å². The van der Waals surface area contributed by atoms with Gasteiger partial charge in [0.2, 0.25) is 0 Å². The molecule has 1 amide bonds. The lowest BCUT2D eigenvalue weighted by molar-refractivity contribution is -0.123. The number of carbonyl (C=O) groups is 3. The summed E-state index contributed by atoms with van der Waals surface area (Å²) in [6, 6.07) is 16.4. The number of anilines is 1. The van der Waals surface area contributed by atoms with E-state index in [-0.39, 0.29) is 5.78 Å². The van der Waals surface area contributed by atoms with Gasteiger partial charge in [-0.1, -0.05) is 30.3 Å². The molecular weight excluding hydrogens is 392 g/mol. The molecule has 0 spiro atoms. The summed E-state index contributed by atoms with van der Waals surface area (Å²) < 4.78 is 7.44. The van der Waals surface area contributed by atoms with Gasteiger partial charge in [-0.25, -0.2) is 4.79 Å². The molecule has 1 N–H and O–H groups in total. The highest BCUT2D eigenvalue weighted by Gasteiger charge is 2.24. The van der Waals surface area contributed by atoms with E-state index in [1.165, 1.54) is 13.8 Å². The average Bonchev–Trinajstić information content (AvgIpc) is 3.02. The Balaban J connectivity index is 1.78. The number of Topliss-reactive ketones (excluding diaryl/α,β-unsaturated/α-hetero) is 1. The van der Waals surface area contributed by atoms with Crippen LogP contribution in [0.1, 0.15) is 51.5 Å². The normalized spacial score (nSPS) is 11.6. The van der Waals surface area contributed by atoms with Crippen LogP contribution in [0, 0.1) is 20.8 Å². The van der Waals surface area contributed by atoms with Crippen molar-refractivity contribution in [2.24, 2.45) is 0 Å². The van der Waals surface area contributed by atoms with Crippen molar-refractivity contribution >= 4 is 23.3 Å². The summed E-state index contributed by atoms with van der Waals surface area (Å²) in [4.78, 5) is 37.1. The Hall–Kier alpha value is -3.67. The molecule has 0 radical (unpaired) electrons. The number of esters is 1. The van der Waals surface area contributed by atoms with Gasteiger partial charge in [-0.15, -0.1) is 0 Å².